The van der Waals surface area contributed by atoms with E-state index in [0.717, 1.165) is 0 Å². The molecule has 0 saturated heterocycles. The number of pyridine rings is 1. The van der Waals surface area contributed by atoms with Gasteiger partial charge in [-0.3, -0.25) is 4.79 Å². The molecule has 0 fully saturated rings. The number of nitrogens with one attached hydrogen (secondary N) is 1. The lowest BCUT2D eigenvalue weighted by atomic mass is 10.2. The molecule has 0 saturated carbocycles. The summed E-state index contributed by atoms with van der Waals surface area (Å²) in [6, 6.07) is 2.81. The Hall–Kier alpha value is -2.48. The maximum absolute atomic E-state index is 12.2. The van der Waals surface area contributed by atoms with Crippen molar-refractivity contribution in [2.24, 2.45) is 0 Å². The van der Waals surface area contributed by atoms with Crippen molar-refractivity contribution in [3.05, 3.63) is 40.0 Å². The molecule has 2 heterocycles. The predicted octanol–water partition coefficient (Wildman–Crippen LogP) is 1.74. The highest BCUT2D eigenvalue weighted by Gasteiger charge is 2.19. The second-order valence-corrected chi connectivity index (χ2v) is 5.02. The summed E-state index contributed by atoms with van der Waals surface area (Å²) in [6.45, 7) is 1.73. The summed E-state index contributed by atoms with van der Waals surface area (Å²) in [5.41, 5.74) is 0.275. The number of carbonyl (C=O) groups excluding carboxylic acids is 1. The van der Waals surface area contributed by atoms with Gasteiger partial charge in [0, 0.05) is 11.6 Å². The molecule has 2 aromatic heterocycles. The Labute approximate surface area is 124 Å². The van der Waals surface area contributed by atoms with Gasteiger partial charge in [-0.1, -0.05) is 0 Å². The molecule has 1 amide bonds. The quantitative estimate of drug-likeness (QED) is 0.872. The monoisotopic (exact) mass is 307 g/mol. The highest BCUT2D eigenvalue weighted by atomic mass is 32.1. The molecule has 2 rings (SSSR count). The van der Waals surface area contributed by atoms with Gasteiger partial charge in [-0.05, 0) is 19.1 Å². The first-order valence-electron chi connectivity index (χ1n) is 6.01. The number of carbonyl (C=O) groups is 2. The average molecular weight is 307 g/mol. The number of hydrogen-bond donors (Lipinski definition) is 2. The first-order valence-corrected chi connectivity index (χ1v) is 6.89. The smallest absolute Gasteiger partial charge is 0.355 e. The number of ether oxygens (including phenoxy) is 1. The van der Waals surface area contributed by atoms with Crippen LogP contribution in [0.2, 0.25) is 0 Å². The number of hydrogen-bond acceptors (Lipinski definition) is 6. The van der Waals surface area contributed by atoms with Crippen LogP contribution in [-0.2, 0) is 0 Å². The lowest BCUT2D eigenvalue weighted by Crippen LogP contribution is -2.27. The number of carboxylic acid groups (broad SMARTS) is 1. The van der Waals surface area contributed by atoms with E-state index in [1.807, 2.05) is 0 Å². The van der Waals surface area contributed by atoms with E-state index in [2.05, 4.69) is 15.3 Å². The third-order valence-corrected chi connectivity index (χ3v) is 3.70. The van der Waals surface area contributed by atoms with Gasteiger partial charge in [0.1, 0.15) is 10.6 Å². The van der Waals surface area contributed by atoms with E-state index in [4.69, 9.17) is 9.84 Å². The molecule has 8 heteroatoms. The lowest BCUT2D eigenvalue weighted by Gasteiger charge is -2.12. The van der Waals surface area contributed by atoms with Crippen LogP contribution in [-0.4, -0.2) is 34.1 Å². The van der Waals surface area contributed by atoms with Crippen LogP contribution in [0.5, 0.6) is 5.88 Å². The lowest BCUT2D eigenvalue weighted by molar-refractivity contribution is 0.0691. The summed E-state index contributed by atoms with van der Waals surface area (Å²) in [6.07, 6.45) is 1.53. The van der Waals surface area contributed by atoms with Crippen molar-refractivity contribution < 1.29 is 19.4 Å². The molecule has 7 nitrogen and oxygen atoms in total. The largest absolute Gasteiger partial charge is 0.480 e. The van der Waals surface area contributed by atoms with E-state index in [-0.39, 0.29) is 17.5 Å². The molecule has 0 aliphatic carbocycles. The van der Waals surface area contributed by atoms with Gasteiger partial charge in [0.15, 0.2) is 5.69 Å². The molecule has 21 heavy (non-hydrogen) atoms. The number of methoxy groups -OCH3 is 1. The fraction of sp³-hybridized carbons (Fsp3) is 0.231. The summed E-state index contributed by atoms with van der Waals surface area (Å²) in [7, 11) is 1.43. The second-order valence-electron chi connectivity index (χ2n) is 4.13. The molecule has 0 aliphatic rings. The van der Waals surface area contributed by atoms with Crippen LogP contribution in [0.15, 0.2) is 23.7 Å². The summed E-state index contributed by atoms with van der Waals surface area (Å²) >= 11 is 1.18. The molecule has 2 aromatic rings. The normalized spacial score (nSPS) is 11.7. The Kier molecular flexibility index (Phi) is 4.49. The van der Waals surface area contributed by atoms with E-state index in [1.165, 1.54) is 30.0 Å². The van der Waals surface area contributed by atoms with Crippen LogP contribution in [0.4, 0.5) is 0 Å². The van der Waals surface area contributed by atoms with E-state index in [0.29, 0.717) is 10.6 Å². The minimum atomic E-state index is -1.09. The van der Waals surface area contributed by atoms with Gasteiger partial charge in [-0.25, -0.2) is 14.8 Å². The van der Waals surface area contributed by atoms with E-state index >= 15 is 0 Å². The molecule has 1 atom stereocenters. The SMILES string of the molecule is COc1ncccc1C(=O)NC(C)c1nc(C(=O)O)cs1. The van der Waals surface area contributed by atoms with Gasteiger partial charge < -0.3 is 15.2 Å². The minimum Gasteiger partial charge on any atom is -0.480 e. The first-order chi connectivity index (χ1) is 10.0. The van der Waals surface area contributed by atoms with Crippen molar-refractivity contribution in [1.82, 2.24) is 15.3 Å². The third kappa shape index (κ3) is 3.34. The number of aromatic carboxylic acids is 1. The Balaban J connectivity index is 2.13. The predicted molar refractivity (Wildman–Crippen MR) is 75.7 cm³/mol. The Morgan fingerprint density at radius 2 is 2.24 bits per heavy atom. The first kappa shape index (κ1) is 14.9. The zero-order valence-corrected chi connectivity index (χ0v) is 12.2. The van der Waals surface area contributed by atoms with Gasteiger partial charge in [0.25, 0.3) is 5.91 Å². The van der Waals surface area contributed by atoms with Gasteiger partial charge in [0.2, 0.25) is 5.88 Å². The highest BCUT2D eigenvalue weighted by molar-refractivity contribution is 7.09. The fourth-order valence-corrected chi connectivity index (χ4v) is 2.45. The van der Waals surface area contributed by atoms with Crippen LogP contribution in [0.3, 0.4) is 0 Å². The fourth-order valence-electron chi connectivity index (χ4n) is 1.65. The third-order valence-electron chi connectivity index (χ3n) is 2.67. The number of rotatable bonds is 5. The Morgan fingerprint density at radius 1 is 1.48 bits per heavy atom. The summed E-state index contributed by atoms with van der Waals surface area (Å²) in [5.74, 6) is -1.22. The number of carboxylic acids is 1. The zero-order valence-electron chi connectivity index (χ0n) is 11.4. The zero-order chi connectivity index (χ0) is 15.4. The minimum absolute atomic E-state index is 0.0324. The van der Waals surface area contributed by atoms with Crippen LogP contribution < -0.4 is 10.1 Å². The molecule has 2 N–H and O–H groups in total. The maximum Gasteiger partial charge on any atom is 0.355 e. The molecule has 1 unspecified atom stereocenters. The van der Waals surface area contributed by atoms with Crippen molar-refractivity contribution in [2.75, 3.05) is 7.11 Å². The maximum atomic E-state index is 12.2. The number of nitrogens with zero attached hydrogens (tertiary/aromatic N) is 2. The number of amides is 1. The molecule has 0 aliphatic heterocycles. The number of thiazole rings is 1. The summed E-state index contributed by atoms with van der Waals surface area (Å²) in [5, 5.41) is 13.5. The van der Waals surface area contributed by atoms with Crippen molar-refractivity contribution >= 4 is 23.2 Å². The Morgan fingerprint density at radius 3 is 2.86 bits per heavy atom. The molecular weight excluding hydrogens is 294 g/mol. The summed E-state index contributed by atoms with van der Waals surface area (Å²) in [4.78, 5) is 30.9. The topological polar surface area (TPSA) is 101 Å². The molecular formula is C13H13N3O4S. The van der Waals surface area contributed by atoms with Crippen molar-refractivity contribution in [3.63, 3.8) is 0 Å². The molecule has 0 spiro atoms. The van der Waals surface area contributed by atoms with Gasteiger partial charge in [-0.2, -0.15) is 0 Å². The van der Waals surface area contributed by atoms with Crippen LogP contribution in [0.1, 0.15) is 38.8 Å². The van der Waals surface area contributed by atoms with Gasteiger partial charge in [0.05, 0.1) is 13.2 Å². The summed E-state index contributed by atoms with van der Waals surface area (Å²) < 4.78 is 5.03. The number of aromatic nitrogens is 2. The van der Waals surface area contributed by atoms with Gasteiger partial charge >= 0.3 is 5.97 Å². The average Bonchev–Trinajstić information content (AvgIpc) is 2.97. The van der Waals surface area contributed by atoms with Crippen molar-refractivity contribution in [2.45, 2.75) is 13.0 Å². The standard InChI is InChI=1S/C13H13N3O4S/c1-7(12-16-9(6-21-12)13(18)19)15-10(17)8-4-3-5-14-11(8)20-2/h3-7H,1-2H3,(H,15,17)(H,18,19). The van der Waals surface area contributed by atoms with Crippen LogP contribution >= 0.6 is 11.3 Å². The Bertz CT molecular complexity index is 671. The van der Waals surface area contributed by atoms with Crippen molar-refractivity contribution in [3.8, 4) is 5.88 Å². The van der Waals surface area contributed by atoms with Gasteiger partial charge in [-0.15, -0.1) is 11.3 Å². The molecule has 0 aromatic carbocycles. The van der Waals surface area contributed by atoms with E-state index in [1.54, 1.807) is 19.1 Å². The molecule has 110 valence electrons. The molecule has 0 radical (unpaired) electrons. The highest BCUT2D eigenvalue weighted by Crippen LogP contribution is 2.20. The van der Waals surface area contributed by atoms with Crippen molar-refractivity contribution in [1.29, 1.82) is 0 Å². The van der Waals surface area contributed by atoms with E-state index < -0.39 is 12.0 Å². The second kappa shape index (κ2) is 6.31. The van der Waals surface area contributed by atoms with E-state index in [9.17, 15) is 9.59 Å². The van der Waals surface area contributed by atoms with Crippen LogP contribution in [0, 0.1) is 0 Å². The van der Waals surface area contributed by atoms with Crippen LogP contribution in [0.25, 0.3) is 0 Å². The molecule has 0 bridgehead atoms.